The van der Waals surface area contributed by atoms with Crippen LogP contribution in [0.25, 0.3) is 0 Å². The molecule has 1 aromatic rings. The lowest BCUT2D eigenvalue weighted by Gasteiger charge is -2.33. The van der Waals surface area contributed by atoms with Crippen molar-refractivity contribution in [3.05, 3.63) is 11.6 Å². The van der Waals surface area contributed by atoms with Crippen LogP contribution in [0.2, 0.25) is 0 Å². The minimum absolute atomic E-state index is 0.0707. The minimum Gasteiger partial charge on any atom is -0.368 e. The van der Waals surface area contributed by atoms with Gasteiger partial charge in [0.2, 0.25) is 0 Å². The van der Waals surface area contributed by atoms with Crippen molar-refractivity contribution < 1.29 is 14.3 Å². The van der Waals surface area contributed by atoms with E-state index in [1.807, 2.05) is 4.90 Å². The monoisotopic (exact) mass is 308 g/mol. The number of rotatable bonds is 2. The third-order valence-electron chi connectivity index (χ3n) is 4.06. The summed E-state index contributed by atoms with van der Waals surface area (Å²) in [6, 6.07) is 0. The van der Waals surface area contributed by atoms with Crippen molar-refractivity contribution >= 4 is 5.91 Å². The Kier molecular flexibility index (Phi) is 4.18. The van der Waals surface area contributed by atoms with E-state index in [0.717, 1.165) is 18.7 Å². The second-order valence-electron chi connectivity index (χ2n) is 6.94. The predicted octanol–water partition coefficient (Wildman–Crippen LogP) is 1.18. The molecule has 0 bridgehead atoms. The van der Waals surface area contributed by atoms with E-state index in [2.05, 4.69) is 36.0 Å². The first kappa shape index (κ1) is 15.4. The van der Waals surface area contributed by atoms with Gasteiger partial charge in [-0.05, 0) is 12.8 Å². The summed E-state index contributed by atoms with van der Waals surface area (Å²) in [5, 5.41) is 7.22. The highest BCUT2D eigenvalue weighted by atomic mass is 16.5. The number of hydrogen-bond donors (Lipinski definition) is 1. The van der Waals surface area contributed by atoms with Crippen LogP contribution in [0, 0.1) is 0 Å². The number of nitrogens with zero attached hydrogens (tertiary/aromatic N) is 3. The summed E-state index contributed by atoms with van der Waals surface area (Å²) in [5.41, 5.74) is -0.114. The molecule has 2 fully saturated rings. The number of aromatic amines is 1. The Morgan fingerprint density at radius 3 is 2.77 bits per heavy atom. The Morgan fingerprint density at radius 1 is 1.32 bits per heavy atom. The van der Waals surface area contributed by atoms with Crippen molar-refractivity contribution in [3.63, 3.8) is 0 Å². The van der Waals surface area contributed by atoms with Crippen LogP contribution in [-0.4, -0.2) is 58.4 Å². The van der Waals surface area contributed by atoms with E-state index < -0.39 is 0 Å². The molecule has 2 atom stereocenters. The smallest absolute Gasteiger partial charge is 0.251 e. The molecule has 22 heavy (non-hydrogen) atoms. The molecule has 7 nitrogen and oxygen atoms in total. The van der Waals surface area contributed by atoms with Crippen LogP contribution < -0.4 is 0 Å². The number of carbonyl (C=O) groups is 1. The summed E-state index contributed by atoms with van der Waals surface area (Å²) in [5.74, 6) is 1.52. The summed E-state index contributed by atoms with van der Waals surface area (Å²) in [7, 11) is 0. The number of aromatic nitrogens is 3. The number of carbonyl (C=O) groups excluding carboxylic acids is 1. The van der Waals surface area contributed by atoms with Crippen molar-refractivity contribution in [1.82, 2.24) is 20.1 Å². The Balaban J connectivity index is 1.67. The van der Waals surface area contributed by atoms with Gasteiger partial charge in [0.25, 0.3) is 5.91 Å². The second kappa shape index (κ2) is 5.96. The second-order valence-corrected chi connectivity index (χ2v) is 6.94. The number of hydrogen-bond acceptors (Lipinski definition) is 5. The van der Waals surface area contributed by atoms with Crippen molar-refractivity contribution in [2.45, 2.75) is 51.2 Å². The summed E-state index contributed by atoms with van der Waals surface area (Å²) in [6.45, 7) is 8.49. The van der Waals surface area contributed by atoms with E-state index in [9.17, 15) is 4.79 Å². The maximum absolute atomic E-state index is 12.4. The first-order valence-corrected chi connectivity index (χ1v) is 7.90. The molecule has 2 aliphatic heterocycles. The first-order valence-electron chi connectivity index (χ1n) is 7.90. The molecule has 7 heteroatoms. The SMILES string of the molecule is CC(C)(C)c1n[nH]c([C@H]2CN(C(=O)[C@@H]3CCCO3)CCO2)n1. The van der Waals surface area contributed by atoms with Crippen LogP contribution >= 0.6 is 0 Å². The van der Waals surface area contributed by atoms with Crippen LogP contribution in [0.1, 0.15) is 51.4 Å². The van der Waals surface area contributed by atoms with Crippen molar-refractivity contribution in [2.75, 3.05) is 26.3 Å². The summed E-state index contributed by atoms with van der Waals surface area (Å²) in [4.78, 5) is 18.8. The van der Waals surface area contributed by atoms with Crippen LogP contribution in [0.15, 0.2) is 0 Å². The molecule has 2 saturated heterocycles. The zero-order valence-corrected chi connectivity index (χ0v) is 13.5. The lowest BCUT2D eigenvalue weighted by molar-refractivity contribution is -0.148. The topological polar surface area (TPSA) is 80.3 Å². The predicted molar refractivity (Wildman–Crippen MR) is 79.3 cm³/mol. The van der Waals surface area contributed by atoms with Gasteiger partial charge in [0, 0.05) is 18.6 Å². The number of amides is 1. The van der Waals surface area contributed by atoms with Gasteiger partial charge in [-0.3, -0.25) is 9.89 Å². The van der Waals surface area contributed by atoms with E-state index >= 15 is 0 Å². The molecular weight excluding hydrogens is 284 g/mol. The Morgan fingerprint density at radius 2 is 2.14 bits per heavy atom. The van der Waals surface area contributed by atoms with Crippen molar-refractivity contribution in [1.29, 1.82) is 0 Å². The molecular formula is C15H24N4O3. The molecule has 122 valence electrons. The van der Waals surface area contributed by atoms with Gasteiger partial charge >= 0.3 is 0 Å². The average Bonchev–Trinajstić information content (AvgIpc) is 3.17. The Labute approximate surface area is 130 Å². The van der Waals surface area contributed by atoms with Crippen LogP contribution in [0.3, 0.4) is 0 Å². The standard InChI is InChI=1S/C15H24N4O3/c1-15(2,3)14-16-12(17-18-14)11-9-19(6-8-22-11)13(20)10-5-4-7-21-10/h10-11H,4-9H2,1-3H3,(H,16,17,18)/t10-,11+/m0/s1. The van der Waals surface area contributed by atoms with Gasteiger partial charge in [0.1, 0.15) is 12.2 Å². The molecule has 1 aromatic heterocycles. The fourth-order valence-corrected chi connectivity index (χ4v) is 2.74. The number of H-pyrrole nitrogens is 1. The third kappa shape index (κ3) is 3.15. The molecule has 3 heterocycles. The van der Waals surface area contributed by atoms with Gasteiger partial charge in [-0.25, -0.2) is 4.98 Å². The highest BCUT2D eigenvalue weighted by Gasteiger charge is 2.33. The van der Waals surface area contributed by atoms with Gasteiger partial charge < -0.3 is 14.4 Å². The van der Waals surface area contributed by atoms with E-state index in [-0.39, 0.29) is 23.5 Å². The van der Waals surface area contributed by atoms with Crippen molar-refractivity contribution in [2.24, 2.45) is 0 Å². The van der Waals surface area contributed by atoms with E-state index in [0.29, 0.717) is 32.1 Å². The Hall–Kier alpha value is -1.47. The minimum atomic E-state index is -0.279. The lowest BCUT2D eigenvalue weighted by atomic mass is 9.96. The highest BCUT2D eigenvalue weighted by molar-refractivity contribution is 5.81. The quantitative estimate of drug-likeness (QED) is 0.887. The highest BCUT2D eigenvalue weighted by Crippen LogP contribution is 2.24. The largest absolute Gasteiger partial charge is 0.368 e. The molecule has 1 amide bonds. The molecule has 0 aromatic carbocycles. The molecule has 2 aliphatic rings. The first-order chi connectivity index (χ1) is 10.4. The zero-order chi connectivity index (χ0) is 15.7. The average molecular weight is 308 g/mol. The third-order valence-corrected chi connectivity index (χ3v) is 4.06. The van der Waals surface area contributed by atoms with E-state index in [1.54, 1.807) is 0 Å². The van der Waals surface area contributed by atoms with Crippen LogP contribution in [-0.2, 0) is 19.7 Å². The van der Waals surface area contributed by atoms with Gasteiger partial charge in [0.15, 0.2) is 11.6 Å². The maximum Gasteiger partial charge on any atom is 0.251 e. The van der Waals surface area contributed by atoms with Gasteiger partial charge in [-0.1, -0.05) is 20.8 Å². The summed E-state index contributed by atoms with van der Waals surface area (Å²) >= 11 is 0. The maximum atomic E-state index is 12.4. The fourth-order valence-electron chi connectivity index (χ4n) is 2.74. The normalized spacial score (nSPS) is 26.4. The molecule has 0 saturated carbocycles. The fraction of sp³-hybridized carbons (Fsp3) is 0.800. The number of morpholine rings is 1. The van der Waals surface area contributed by atoms with Crippen LogP contribution in [0.5, 0.6) is 0 Å². The van der Waals surface area contributed by atoms with Gasteiger partial charge in [0.05, 0.1) is 13.2 Å². The van der Waals surface area contributed by atoms with Gasteiger partial charge in [-0.15, -0.1) is 0 Å². The van der Waals surface area contributed by atoms with Crippen molar-refractivity contribution in [3.8, 4) is 0 Å². The summed E-state index contributed by atoms with van der Waals surface area (Å²) in [6.07, 6.45) is 1.25. The van der Waals surface area contributed by atoms with E-state index in [1.165, 1.54) is 0 Å². The van der Waals surface area contributed by atoms with E-state index in [4.69, 9.17) is 9.47 Å². The zero-order valence-electron chi connectivity index (χ0n) is 13.5. The molecule has 0 radical (unpaired) electrons. The molecule has 0 unspecified atom stereocenters. The lowest BCUT2D eigenvalue weighted by Crippen LogP contribution is -2.46. The summed E-state index contributed by atoms with van der Waals surface area (Å²) < 4.78 is 11.3. The molecule has 3 rings (SSSR count). The number of nitrogens with one attached hydrogen (secondary N) is 1. The van der Waals surface area contributed by atoms with Gasteiger partial charge in [-0.2, -0.15) is 5.10 Å². The molecule has 1 N–H and O–H groups in total. The molecule has 0 aliphatic carbocycles. The van der Waals surface area contributed by atoms with Crippen LogP contribution in [0.4, 0.5) is 0 Å². The number of ether oxygens (including phenoxy) is 2. The Bertz CT molecular complexity index is 531. The molecule has 0 spiro atoms.